The molecular weight excluding hydrogens is 338 g/mol. The van der Waals surface area contributed by atoms with Crippen LogP contribution in [0.1, 0.15) is 45.8 Å². The van der Waals surface area contributed by atoms with Crippen molar-refractivity contribution in [3.63, 3.8) is 0 Å². The Morgan fingerprint density at radius 1 is 1.19 bits per heavy atom. The maximum Gasteiger partial charge on any atom is 0.213 e. The molecule has 1 heterocycles. The van der Waals surface area contributed by atoms with E-state index in [-0.39, 0.29) is 5.41 Å². The number of nitrogens with zero attached hydrogens (tertiary/aromatic N) is 3. The Kier molecular flexibility index (Phi) is 7.70. The van der Waals surface area contributed by atoms with Crippen molar-refractivity contribution in [2.75, 3.05) is 31.6 Å². The summed E-state index contributed by atoms with van der Waals surface area (Å²) in [7, 11) is 1.77. The van der Waals surface area contributed by atoms with Crippen LogP contribution in [-0.2, 0) is 12.0 Å². The minimum atomic E-state index is -0.0327. The number of oxazole rings is 1. The zero-order valence-corrected chi connectivity index (χ0v) is 17.2. The number of nitrogens with one attached hydrogen (secondary N) is 2. The van der Waals surface area contributed by atoms with E-state index in [0.29, 0.717) is 12.4 Å². The average molecular weight is 372 g/mol. The largest absolute Gasteiger partial charge is 0.443 e. The summed E-state index contributed by atoms with van der Waals surface area (Å²) in [5.41, 5.74) is 1.23. The van der Waals surface area contributed by atoms with Gasteiger partial charge in [0.1, 0.15) is 5.76 Å². The van der Waals surface area contributed by atoms with Crippen LogP contribution >= 0.6 is 0 Å². The van der Waals surface area contributed by atoms with Crippen LogP contribution in [0.4, 0.5) is 5.69 Å². The second-order valence-corrected chi connectivity index (χ2v) is 7.49. The molecule has 0 aliphatic carbocycles. The van der Waals surface area contributed by atoms with E-state index in [9.17, 15) is 0 Å². The molecule has 0 bridgehead atoms. The molecule has 0 aliphatic heterocycles. The Labute approximate surface area is 163 Å². The third kappa shape index (κ3) is 6.62. The molecule has 1 aromatic heterocycles. The van der Waals surface area contributed by atoms with E-state index in [0.717, 1.165) is 37.8 Å². The topological polar surface area (TPSA) is 65.7 Å². The molecule has 0 atom stereocenters. The highest BCUT2D eigenvalue weighted by molar-refractivity contribution is 5.79. The standard InChI is InChI=1S/C21H33N5O/c1-6-26(17-11-8-7-9-12-17)14-10-13-23-20(22-5)25-16-19-24-15-18(27-19)21(2,3)4/h7-9,11-12,15H,6,10,13-14,16H2,1-5H3,(H2,22,23,25). The predicted molar refractivity (Wildman–Crippen MR) is 112 cm³/mol. The molecule has 0 fully saturated rings. The van der Waals surface area contributed by atoms with Crippen LogP contribution in [0, 0.1) is 0 Å². The van der Waals surface area contributed by atoms with E-state index in [1.807, 2.05) is 6.07 Å². The highest BCUT2D eigenvalue weighted by atomic mass is 16.4. The normalized spacial score (nSPS) is 12.1. The first-order valence-electron chi connectivity index (χ1n) is 9.63. The Morgan fingerprint density at radius 2 is 1.93 bits per heavy atom. The smallest absolute Gasteiger partial charge is 0.213 e. The van der Waals surface area contributed by atoms with Crippen LogP contribution in [0.3, 0.4) is 0 Å². The molecule has 0 amide bonds. The first kappa shape index (κ1) is 20.8. The molecule has 0 unspecified atom stereocenters. The lowest BCUT2D eigenvalue weighted by molar-refractivity contribution is 0.379. The van der Waals surface area contributed by atoms with Gasteiger partial charge in [-0.3, -0.25) is 4.99 Å². The van der Waals surface area contributed by atoms with E-state index in [2.05, 4.69) is 77.5 Å². The van der Waals surface area contributed by atoms with Crippen molar-refractivity contribution in [2.45, 2.75) is 46.1 Å². The number of rotatable bonds is 8. The maximum absolute atomic E-state index is 5.80. The van der Waals surface area contributed by atoms with Crippen molar-refractivity contribution in [3.05, 3.63) is 48.2 Å². The van der Waals surface area contributed by atoms with E-state index >= 15 is 0 Å². The first-order chi connectivity index (χ1) is 12.9. The Morgan fingerprint density at radius 3 is 2.52 bits per heavy atom. The zero-order chi connectivity index (χ0) is 19.7. The highest BCUT2D eigenvalue weighted by Crippen LogP contribution is 2.22. The van der Waals surface area contributed by atoms with Crippen LogP contribution in [0.25, 0.3) is 0 Å². The van der Waals surface area contributed by atoms with Gasteiger partial charge in [-0.1, -0.05) is 39.0 Å². The predicted octanol–water partition coefficient (Wildman–Crippen LogP) is 3.55. The zero-order valence-electron chi connectivity index (χ0n) is 17.2. The third-order valence-electron chi connectivity index (χ3n) is 4.32. The Balaban J connectivity index is 1.73. The Hall–Kier alpha value is -2.50. The van der Waals surface area contributed by atoms with Gasteiger partial charge in [-0.05, 0) is 25.5 Å². The van der Waals surface area contributed by atoms with Gasteiger partial charge in [-0.25, -0.2) is 4.98 Å². The summed E-state index contributed by atoms with van der Waals surface area (Å²) < 4.78 is 5.80. The van der Waals surface area contributed by atoms with Gasteiger partial charge in [0.05, 0.1) is 12.7 Å². The number of guanidine groups is 1. The minimum Gasteiger partial charge on any atom is -0.443 e. The van der Waals surface area contributed by atoms with Gasteiger partial charge < -0.3 is 20.0 Å². The van der Waals surface area contributed by atoms with Gasteiger partial charge in [0.25, 0.3) is 0 Å². The third-order valence-corrected chi connectivity index (χ3v) is 4.32. The summed E-state index contributed by atoms with van der Waals surface area (Å²) >= 11 is 0. The van der Waals surface area contributed by atoms with Crippen molar-refractivity contribution in [1.82, 2.24) is 15.6 Å². The molecule has 0 saturated carbocycles. The molecule has 2 rings (SSSR count). The van der Waals surface area contributed by atoms with Crippen molar-refractivity contribution in [2.24, 2.45) is 4.99 Å². The van der Waals surface area contributed by atoms with Crippen LogP contribution in [0.15, 0.2) is 45.9 Å². The van der Waals surface area contributed by atoms with Crippen molar-refractivity contribution < 1.29 is 4.42 Å². The highest BCUT2D eigenvalue weighted by Gasteiger charge is 2.19. The average Bonchev–Trinajstić information content (AvgIpc) is 3.14. The molecule has 0 spiro atoms. The lowest BCUT2D eigenvalue weighted by Gasteiger charge is -2.23. The lowest BCUT2D eigenvalue weighted by Crippen LogP contribution is -2.38. The first-order valence-corrected chi connectivity index (χ1v) is 9.63. The molecule has 6 heteroatoms. The van der Waals surface area contributed by atoms with Gasteiger partial charge in [0, 0.05) is 37.8 Å². The molecule has 6 nitrogen and oxygen atoms in total. The molecule has 27 heavy (non-hydrogen) atoms. The summed E-state index contributed by atoms with van der Waals surface area (Å²) in [4.78, 5) is 11.0. The SMILES string of the molecule is CCN(CCCNC(=NC)NCc1ncc(C(C)(C)C)o1)c1ccccc1. The summed E-state index contributed by atoms with van der Waals surface area (Å²) in [6, 6.07) is 10.5. The molecule has 1 aromatic carbocycles. The van der Waals surface area contributed by atoms with Crippen LogP contribution in [0.2, 0.25) is 0 Å². The van der Waals surface area contributed by atoms with Crippen LogP contribution < -0.4 is 15.5 Å². The van der Waals surface area contributed by atoms with Gasteiger partial charge in [-0.15, -0.1) is 0 Å². The van der Waals surface area contributed by atoms with Gasteiger partial charge in [-0.2, -0.15) is 0 Å². The summed E-state index contributed by atoms with van der Waals surface area (Å²) in [6.45, 7) is 11.9. The fourth-order valence-corrected chi connectivity index (χ4v) is 2.70. The van der Waals surface area contributed by atoms with Crippen molar-refractivity contribution in [3.8, 4) is 0 Å². The Bertz CT molecular complexity index is 703. The number of anilines is 1. The number of benzene rings is 1. The molecule has 0 radical (unpaired) electrons. The molecule has 2 aromatic rings. The van der Waals surface area contributed by atoms with Gasteiger partial charge in [0.15, 0.2) is 5.96 Å². The van der Waals surface area contributed by atoms with E-state index < -0.39 is 0 Å². The molecular formula is C21H33N5O. The van der Waals surface area contributed by atoms with E-state index in [1.54, 1.807) is 13.2 Å². The summed E-state index contributed by atoms with van der Waals surface area (Å²) in [5, 5.41) is 6.60. The minimum absolute atomic E-state index is 0.0327. The van der Waals surface area contributed by atoms with Crippen molar-refractivity contribution in [1.29, 1.82) is 0 Å². The molecule has 148 valence electrons. The van der Waals surface area contributed by atoms with Gasteiger partial charge >= 0.3 is 0 Å². The van der Waals surface area contributed by atoms with E-state index in [4.69, 9.17) is 4.42 Å². The monoisotopic (exact) mass is 371 g/mol. The number of hydrogen-bond acceptors (Lipinski definition) is 4. The number of aliphatic imine (C=N–C) groups is 1. The second kappa shape index (κ2) is 10.00. The summed E-state index contributed by atoms with van der Waals surface area (Å²) in [5.74, 6) is 2.32. The lowest BCUT2D eigenvalue weighted by atomic mass is 9.94. The second-order valence-electron chi connectivity index (χ2n) is 7.49. The summed E-state index contributed by atoms with van der Waals surface area (Å²) in [6.07, 6.45) is 2.83. The fourth-order valence-electron chi connectivity index (χ4n) is 2.70. The van der Waals surface area contributed by atoms with E-state index in [1.165, 1.54) is 5.69 Å². The van der Waals surface area contributed by atoms with Crippen molar-refractivity contribution >= 4 is 11.6 Å². The maximum atomic E-state index is 5.80. The number of para-hydroxylation sites is 1. The molecule has 0 saturated heterocycles. The fraction of sp³-hybridized carbons (Fsp3) is 0.524. The van der Waals surface area contributed by atoms with Crippen LogP contribution in [0.5, 0.6) is 0 Å². The molecule has 2 N–H and O–H groups in total. The number of aromatic nitrogens is 1. The number of hydrogen-bond donors (Lipinski definition) is 2. The van der Waals surface area contributed by atoms with Gasteiger partial charge in [0.2, 0.25) is 5.89 Å². The van der Waals surface area contributed by atoms with Crippen LogP contribution in [-0.4, -0.2) is 37.6 Å². The molecule has 0 aliphatic rings. The quantitative estimate of drug-likeness (QED) is 0.422.